The van der Waals surface area contributed by atoms with Gasteiger partial charge in [0.1, 0.15) is 5.60 Å². The Hall–Kier alpha value is -1.55. The quantitative estimate of drug-likeness (QED) is 0.926. The van der Waals surface area contributed by atoms with Crippen molar-refractivity contribution in [2.24, 2.45) is 11.7 Å². The van der Waals surface area contributed by atoms with Crippen molar-refractivity contribution in [3.63, 3.8) is 0 Å². The second-order valence-electron chi connectivity index (χ2n) is 7.74. The molecular formula is C19H30N2O2. The van der Waals surface area contributed by atoms with Gasteiger partial charge in [-0.2, -0.15) is 0 Å². The van der Waals surface area contributed by atoms with Gasteiger partial charge in [-0.05, 0) is 59.1 Å². The van der Waals surface area contributed by atoms with Gasteiger partial charge in [0.25, 0.3) is 0 Å². The molecule has 1 heterocycles. The van der Waals surface area contributed by atoms with Crippen LogP contribution in [0.4, 0.5) is 4.79 Å². The Bertz CT molecular complexity index is 543. The molecule has 2 N–H and O–H groups in total. The summed E-state index contributed by atoms with van der Waals surface area (Å²) in [6.45, 7) is 12.0. The molecule has 1 saturated heterocycles. The molecular weight excluding hydrogens is 288 g/mol. The highest BCUT2D eigenvalue weighted by molar-refractivity contribution is 5.68. The minimum Gasteiger partial charge on any atom is -0.444 e. The number of ether oxygens (including phenoxy) is 1. The molecule has 1 fully saturated rings. The number of hydrogen-bond acceptors (Lipinski definition) is 3. The molecule has 1 aliphatic rings. The lowest BCUT2D eigenvalue weighted by Crippen LogP contribution is -2.36. The fraction of sp³-hybridized carbons (Fsp3) is 0.632. The van der Waals surface area contributed by atoms with Crippen molar-refractivity contribution >= 4 is 6.09 Å². The Labute approximate surface area is 140 Å². The van der Waals surface area contributed by atoms with E-state index in [2.05, 4.69) is 32.0 Å². The van der Waals surface area contributed by atoms with Crippen LogP contribution in [0.1, 0.15) is 49.8 Å². The van der Waals surface area contributed by atoms with Gasteiger partial charge in [-0.25, -0.2) is 4.79 Å². The highest BCUT2D eigenvalue weighted by Crippen LogP contribution is 2.33. The maximum atomic E-state index is 12.2. The Morgan fingerprint density at radius 1 is 1.30 bits per heavy atom. The van der Waals surface area contributed by atoms with Gasteiger partial charge >= 0.3 is 6.09 Å². The zero-order chi connectivity index (χ0) is 17.2. The molecule has 1 aliphatic heterocycles. The van der Waals surface area contributed by atoms with Crippen LogP contribution in [-0.4, -0.2) is 36.2 Å². The molecule has 0 aliphatic carbocycles. The molecule has 1 amide bonds. The maximum absolute atomic E-state index is 12.2. The number of nitrogens with two attached hydrogens (primary N) is 1. The van der Waals surface area contributed by atoms with Crippen molar-refractivity contribution < 1.29 is 9.53 Å². The number of carbonyl (C=O) groups is 1. The van der Waals surface area contributed by atoms with Gasteiger partial charge in [0, 0.05) is 19.0 Å². The number of aryl methyl sites for hydroxylation is 2. The molecule has 2 atom stereocenters. The van der Waals surface area contributed by atoms with Gasteiger partial charge in [-0.1, -0.05) is 29.3 Å². The van der Waals surface area contributed by atoms with Crippen molar-refractivity contribution in [2.75, 3.05) is 19.6 Å². The van der Waals surface area contributed by atoms with E-state index in [1.807, 2.05) is 25.7 Å². The van der Waals surface area contributed by atoms with Crippen molar-refractivity contribution in [2.45, 2.75) is 52.6 Å². The van der Waals surface area contributed by atoms with E-state index in [9.17, 15) is 4.79 Å². The highest BCUT2D eigenvalue weighted by Gasteiger charge is 2.34. The molecule has 1 aromatic rings. The molecule has 4 heteroatoms. The first-order valence-corrected chi connectivity index (χ1v) is 8.46. The van der Waals surface area contributed by atoms with Crippen LogP contribution in [0.25, 0.3) is 0 Å². The Morgan fingerprint density at radius 3 is 2.43 bits per heavy atom. The lowest BCUT2D eigenvalue weighted by atomic mass is 9.84. The van der Waals surface area contributed by atoms with Gasteiger partial charge < -0.3 is 15.4 Å². The molecule has 4 nitrogen and oxygen atoms in total. The monoisotopic (exact) mass is 318 g/mol. The summed E-state index contributed by atoms with van der Waals surface area (Å²) in [6.07, 6.45) is 0.768. The zero-order valence-electron chi connectivity index (χ0n) is 15.1. The second-order valence-corrected chi connectivity index (χ2v) is 7.74. The summed E-state index contributed by atoms with van der Waals surface area (Å²) < 4.78 is 5.48. The third kappa shape index (κ3) is 4.71. The first kappa shape index (κ1) is 17.8. The summed E-state index contributed by atoms with van der Waals surface area (Å²) >= 11 is 0. The smallest absolute Gasteiger partial charge is 0.410 e. The zero-order valence-corrected chi connectivity index (χ0v) is 15.1. The minimum atomic E-state index is -0.448. The lowest BCUT2D eigenvalue weighted by Gasteiger charge is -2.26. The summed E-state index contributed by atoms with van der Waals surface area (Å²) in [5, 5.41) is 0. The van der Waals surface area contributed by atoms with E-state index in [1.165, 1.54) is 16.7 Å². The number of benzene rings is 1. The van der Waals surface area contributed by atoms with Crippen LogP contribution in [-0.2, 0) is 4.74 Å². The Balaban J connectivity index is 2.08. The number of amides is 1. The topological polar surface area (TPSA) is 55.6 Å². The predicted octanol–water partition coefficient (Wildman–Crippen LogP) is 3.60. The molecule has 0 saturated carbocycles. The molecule has 0 radical (unpaired) electrons. The van der Waals surface area contributed by atoms with E-state index in [-0.39, 0.29) is 6.09 Å². The summed E-state index contributed by atoms with van der Waals surface area (Å²) in [5.41, 5.74) is 9.45. The standard InChI is InChI=1S/C19H30N2O2/c1-13-8-14(2)10-16(9-13)17(11-20)15-6-7-21(12-15)18(22)23-19(3,4)5/h8-10,15,17H,6-7,11-12,20H2,1-5H3. The van der Waals surface area contributed by atoms with Gasteiger partial charge in [0.05, 0.1) is 0 Å². The summed E-state index contributed by atoms with van der Waals surface area (Å²) in [7, 11) is 0. The van der Waals surface area contributed by atoms with Crippen molar-refractivity contribution in [1.29, 1.82) is 0 Å². The van der Waals surface area contributed by atoms with Crippen LogP contribution in [0.5, 0.6) is 0 Å². The molecule has 0 bridgehead atoms. The second kappa shape index (κ2) is 6.91. The molecule has 23 heavy (non-hydrogen) atoms. The minimum absolute atomic E-state index is 0.212. The molecule has 2 unspecified atom stereocenters. The van der Waals surface area contributed by atoms with E-state index in [4.69, 9.17) is 10.5 Å². The fourth-order valence-electron chi connectivity index (χ4n) is 3.43. The van der Waals surface area contributed by atoms with E-state index in [0.717, 1.165) is 19.5 Å². The van der Waals surface area contributed by atoms with Gasteiger partial charge in [-0.3, -0.25) is 0 Å². The lowest BCUT2D eigenvalue weighted by molar-refractivity contribution is 0.0286. The number of hydrogen-bond donors (Lipinski definition) is 1. The predicted molar refractivity (Wildman–Crippen MR) is 93.6 cm³/mol. The van der Waals surface area contributed by atoms with Crippen LogP contribution in [0, 0.1) is 19.8 Å². The van der Waals surface area contributed by atoms with Crippen LogP contribution in [0.3, 0.4) is 0 Å². The third-order valence-corrected chi connectivity index (χ3v) is 4.37. The first-order chi connectivity index (χ1) is 10.7. The SMILES string of the molecule is Cc1cc(C)cc(C(CN)C2CCN(C(=O)OC(C)(C)C)C2)c1. The summed E-state index contributed by atoms with van der Waals surface area (Å²) in [4.78, 5) is 14.1. The normalized spacial score (nSPS) is 19.7. The van der Waals surface area contributed by atoms with E-state index in [1.54, 1.807) is 0 Å². The van der Waals surface area contributed by atoms with Gasteiger partial charge in [-0.15, -0.1) is 0 Å². The first-order valence-electron chi connectivity index (χ1n) is 8.46. The van der Waals surface area contributed by atoms with Crippen LogP contribution in [0.15, 0.2) is 18.2 Å². The number of rotatable bonds is 3. The van der Waals surface area contributed by atoms with Gasteiger partial charge in [0.15, 0.2) is 0 Å². The molecule has 2 rings (SSSR count). The largest absolute Gasteiger partial charge is 0.444 e. The Morgan fingerprint density at radius 2 is 1.91 bits per heavy atom. The molecule has 0 spiro atoms. The third-order valence-electron chi connectivity index (χ3n) is 4.37. The van der Waals surface area contributed by atoms with Crippen LogP contribution in [0.2, 0.25) is 0 Å². The van der Waals surface area contributed by atoms with E-state index in [0.29, 0.717) is 18.4 Å². The van der Waals surface area contributed by atoms with Crippen molar-refractivity contribution in [3.8, 4) is 0 Å². The molecule has 1 aromatic carbocycles. The highest BCUT2D eigenvalue weighted by atomic mass is 16.6. The average molecular weight is 318 g/mol. The number of likely N-dealkylation sites (tertiary alicyclic amines) is 1. The van der Waals surface area contributed by atoms with Crippen molar-refractivity contribution in [3.05, 3.63) is 34.9 Å². The summed E-state index contributed by atoms with van der Waals surface area (Å²) in [6, 6.07) is 6.63. The Kier molecular flexibility index (Phi) is 5.35. The molecule has 128 valence electrons. The van der Waals surface area contributed by atoms with Crippen molar-refractivity contribution in [1.82, 2.24) is 4.90 Å². The van der Waals surface area contributed by atoms with Gasteiger partial charge in [0.2, 0.25) is 0 Å². The number of carbonyl (C=O) groups excluding carboxylic acids is 1. The number of nitrogens with zero attached hydrogens (tertiary/aromatic N) is 1. The maximum Gasteiger partial charge on any atom is 0.410 e. The fourth-order valence-corrected chi connectivity index (χ4v) is 3.43. The van der Waals surface area contributed by atoms with E-state index >= 15 is 0 Å². The summed E-state index contributed by atoms with van der Waals surface area (Å²) in [5.74, 6) is 0.690. The average Bonchev–Trinajstić information content (AvgIpc) is 2.86. The van der Waals surface area contributed by atoms with E-state index < -0.39 is 5.60 Å². The van der Waals surface area contributed by atoms with Crippen LogP contribution >= 0.6 is 0 Å². The molecule has 0 aromatic heterocycles. The van der Waals surface area contributed by atoms with Crippen LogP contribution < -0.4 is 5.73 Å².